The standard InChI is InChI=1S/C18H24N2O/c1-18(2,3)13-8-6-12(7-9-13)16(21)15-11-20-17-14(15)5-4-10-19-17/h4-5,10-13H,6-9H2,1-3H3,(H,19,20). The molecule has 1 saturated carbocycles. The predicted molar refractivity (Wildman–Crippen MR) is 85.3 cm³/mol. The fourth-order valence-electron chi connectivity index (χ4n) is 3.60. The number of carbonyl (C=O) groups excluding carboxylic acids is 1. The van der Waals surface area contributed by atoms with E-state index in [2.05, 4.69) is 30.7 Å². The van der Waals surface area contributed by atoms with Crippen LogP contribution in [0.5, 0.6) is 0 Å². The zero-order valence-corrected chi connectivity index (χ0v) is 13.1. The third-order valence-electron chi connectivity index (χ3n) is 5.04. The maximum atomic E-state index is 12.8. The Labute approximate surface area is 126 Å². The van der Waals surface area contributed by atoms with E-state index < -0.39 is 0 Å². The van der Waals surface area contributed by atoms with Crippen LogP contribution in [0.3, 0.4) is 0 Å². The number of hydrogen-bond acceptors (Lipinski definition) is 2. The van der Waals surface area contributed by atoms with Crippen molar-refractivity contribution in [2.75, 3.05) is 0 Å². The molecule has 3 rings (SSSR count). The Kier molecular flexibility index (Phi) is 3.60. The minimum absolute atomic E-state index is 0.183. The van der Waals surface area contributed by atoms with E-state index in [0.29, 0.717) is 11.2 Å². The zero-order chi connectivity index (χ0) is 15.0. The minimum atomic E-state index is 0.183. The number of H-pyrrole nitrogens is 1. The van der Waals surface area contributed by atoms with Crippen LogP contribution in [0.4, 0.5) is 0 Å². The minimum Gasteiger partial charge on any atom is -0.345 e. The lowest BCUT2D eigenvalue weighted by atomic mass is 9.69. The molecule has 112 valence electrons. The van der Waals surface area contributed by atoms with Crippen LogP contribution in [-0.2, 0) is 0 Å². The van der Waals surface area contributed by atoms with E-state index in [1.54, 1.807) is 6.20 Å². The number of rotatable bonds is 2. The van der Waals surface area contributed by atoms with Gasteiger partial charge in [-0.25, -0.2) is 4.98 Å². The second-order valence-electron chi connectivity index (χ2n) is 7.38. The number of nitrogens with zero attached hydrogens (tertiary/aromatic N) is 1. The Morgan fingerprint density at radius 2 is 1.95 bits per heavy atom. The summed E-state index contributed by atoms with van der Waals surface area (Å²) in [5, 5.41) is 0.959. The summed E-state index contributed by atoms with van der Waals surface area (Å²) in [5.41, 5.74) is 1.99. The predicted octanol–water partition coefficient (Wildman–Crippen LogP) is 4.60. The summed E-state index contributed by atoms with van der Waals surface area (Å²) in [7, 11) is 0. The number of hydrogen-bond donors (Lipinski definition) is 1. The van der Waals surface area contributed by atoms with Gasteiger partial charge in [-0.1, -0.05) is 20.8 Å². The normalized spacial score (nSPS) is 23.4. The number of carbonyl (C=O) groups is 1. The molecule has 0 unspecified atom stereocenters. The third kappa shape index (κ3) is 2.74. The largest absolute Gasteiger partial charge is 0.345 e. The third-order valence-corrected chi connectivity index (χ3v) is 5.04. The van der Waals surface area contributed by atoms with Crippen LogP contribution in [0, 0.1) is 17.3 Å². The molecule has 0 aliphatic heterocycles. The molecular weight excluding hydrogens is 260 g/mol. The second-order valence-corrected chi connectivity index (χ2v) is 7.38. The number of Topliss-reactive ketones (excluding diaryl/α,β-unsaturated/α-hetero) is 1. The molecule has 1 fully saturated rings. The fourth-order valence-corrected chi connectivity index (χ4v) is 3.60. The van der Waals surface area contributed by atoms with E-state index in [1.807, 2.05) is 18.3 Å². The molecule has 0 aromatic carbocycles. The fraction of sp³-hybridized carbons (Fsp3) is 0.556. The molecule has 21 heavy (non-hydrogen) atoms. The van der Waals surface area contributed by atoms with Crippen LogP contribution in [0.2, 0.25) is 0 Å². The lowest BCUT2D eigenvalue weighted by molar-refractivity contribution is 0.0821. The first kappa shape index (κ1) is 14.3. The average Bonchev–Trinajstić information content (AvgIpc) is 2.90. The summed E-state index contributed by atoms with van der Waals surface area (Å²) >= 11 is 0. The van der Waals surface area contributed by atoms with Crippen LogP contribution in [-0.4, -0.2) is 15.8 Å². The number of aromatic amines is 1. The van der Waals surface area contributed by atoms with Gasteiger partial charge in [0, 0.05) is 29.3 Å². The molecule has 1 aliphatic carbocycles. The Morgan fingerprint density at radius 3 is 2.62 bits per heavy atom. The summed E-state index contributed by atoms with van der Waals surface area (Å²) in [6, 6.07) is 3.87. The lowest BCUT2D eigenvalue weighted by Crippen LogP contribution is -2.28. The van der Waals surface area contributed by atoms with Gasteiger partial charge in [-0.15, -0.1) is 0 Å². The molecule has 1 N–H and O–H groups in total. The van der Waals surface area contributed by atoms with Gasteiger partial charge in [-0.2, -0.15) is 0 Å². The van der Waals surface area contributed by atoms with E-state index in [0.717, 1.165) is 35.4 Å². The first-order valence-corrected chi connectivity index (χ1v) is 7.93. The zero-order valence-electron chi connectivity index (χ0n) is 13.1. The van der Waals surface area contributed by atoms with Crippen molar-refractivity contribution in [2.45, 2.75) is 46.5 Å². The van der Waals surface area contributed by atoms with Gasteiger partial charge in [0.05, 0.1) is 0 Å². The van der Waals surface area contributed by atoms with Crippen LogP contribution in [0.1, 0.15) is 56.8 Å². The summed E-state index contributed by atoms with van der Waals surface area (Å²) in [6.45, 7) is 6.93. The summed E-state index contributed by atoms with van der Waals surface area (Å²) in [4.78, 5) is 20.2. The highest BCUT2D eigenvalue weighted by Gasteiger charge is 2.33. The highest BCUT2D eigenvalue weighted by molar-refractivity contribution is 6.08. The molecule has 0 radical (unpaired) electrons. The highest BCUT2D eigenvalue weighted by Crippen LogP contribution is 2.40. The number of nitrogens with one attached hydrogen (secondary N) is 1. The van der Waals surface area contributed by atoms with E-state index in [1.165, 1.54) is 12.8 Å². The molecular formula is C18H24N2O. The van der Waals surface area contributed by atoms with Crippen molar-refractivity contribution in [3.05, 3.63) is 30.1 Å². The van der Waals surface area contributed by atoms with Crippen molar-refractivity contribution in [2.24, 2.45) is 17.3 Å². The highest BCUT2D eigenvalue weighted by atomic mass is 16.1. The van der Waals surface area contributed by atoms with Crippen molar-refractivity contribution in [1.29, 1.82) is 0 Å². The molecule has 0 amide bonds. The lowest BCUT2D eigenvalue weighted by Gasteiger charge is -2.36. The first-order chi connectivity index (χ1) is 9.97. The first-order valence-electron chi connectivity index (χ1n) is 7.93. The Bertz CT molecular complexity index is 643. The van der Waals surface area contributed by atoms with Crippen LogP contribution < -0.4 is 0 Å². The Balaban J connectivity index is 1.75. The molecule has 3 heteroatoms. The molecule has 0 spiro atoms. The molecule has 0 bridgehead atoms. The molecule has 2 heterocycles. The van der Waals surface area contributed by atoms with Gasteiger partial charge >= 0.3 is 0 Å². The van der Waals surface area contributed by atoms with Crippen LogP contribution >= 0.6 is 0 Å². The average molecular weight is 284 g/mol. The van der Waals surface area contributed by atoms with Gasteiger partial charge < -0.3 is 4.98 Å². The van der Waals surface area contributed by atoms with Crippen molar-refractivity contribution in [3.63, 3.8) is 0 Å². The monoisotopic (exact) mass is 284 g/mol. The quantitative estimate of drug-likeness (QED) is 0.819. The second kappa shape index (κ2) is 5.28. The maximum absolute atomic E-state index is 12.8. The molecule has 2 aromatic heterocycles. The van der Waals surface area contributed by atoms with Gasteiger partial charge in [0.15, 0.2) is 5.78 Å². The molecule has 2 aromatic rings. The number of fused-ring (bicyclic) bond motifs is 1. The van der Waals surface area contributed by atoms with Crippen molar-refractivity contribution in [1.82, 2.24) is 9.97 Å². The van der Waals surface area contributed by atoms with Gasteiger partial charge in [-0.3, -0.25) is 4.79 Å². The topological polar surface area (TPSA) is 45.8 Å². The Hall–Kier alpha value is -1.64. The van der Waals surface area contributed by atoms with Crippen LogP contribution in [0.25, 0.3) is 11.0 Å². The molecule has 3 nitrogen and oxygen atoms in total. The van der Waals surface area contributed by atoms with E-state index in [-0.39, 0.29) is 5.92 Å². The number of aromatic nitrogens is 2. The molecule has 1 aliphatic rings. The van der Waals surface area contributed by atoms with Crippen molar-refractivity contribution < 1.29 is 4.79 Å². The van der Waals surface area contributed by atoms with E-state index in [4.69, 9.17) is 0 Å². The summed E-state index contributed by atoms with van der Waals surface area (Å²) in [5.74, 6) is 1.22. The maximum Gasteiger partial charge on any atom is 0.168 e. The van der Waals surface area contributed by atoms with Gasteiger partial charge in [0.25, 0.3) is 0 Å². The molecule has 0 atom stereocenters. The van der Waals surface area contributed by atoms with Gasteiger partial charge in [-0.05, 0) is 49.1 Å². The molecule has 0 saturated heterocycles. The van der Waals surface area contributed by atoms with E-state index >= 15 is 0 Å². The van der Waals surface area contributed by atoms with Crippen LogP contribution in [0.15, 0.2) is 24.5 Å². The van der Waals surface area contributed by atoms with Gasteiger partial charge in [0.1, 0.15) is 5.65 Å². The summed E-state index contributed by atoms with van der Waals surface area (Å²) < 4.78 is 0. The van der Waals surface area contributed by atoms with E-state index in [9.17, 15) is 4.79 Å². The smallest absolute Gasteiger partial charge is 0.168 e. The summed E-state index contributed by atoms with van der Waals surface area (Å²) in [6.07, 6.45) is 7.96. The van der Waals surface area contributed by atoms with Crippen molar-refractivity contribution in [3.8, 4) is 0 Å². The Morgan fingerprint density at radius 1 is 1.24 bits per heavy atom. The van der Waals surface area contributed by atoms with Gasteiger partial charge in [0.2, 0.25) is 0 Å². The van der Waals surface area contributed by atoms with Crippen molar-refractivity contribution >= 4 is 16.8 Å². The number of pyridine rings is 1. The number of ketones is 1. The SMILES string of the molecule is CC(C)(C)C1CCC(C(=O)c2c[nH]c3ncccc23)CC1.